The van der Waals surface area contributed by atoms with Gasteiger partial charge in [-0.05, 0) is 52.9 Å². The number of anilines is 1. The highest BCUT2D eigenvalue weighted by Gasteiger charge is 2.42. The molecule has 0 fully saturated rings. The molecule has 0 saturated heterocycles. The maximum atomic E-state index is 14.0. The van der Waals surface area contributed by atoms with Crippen LogP contribution >= 0.6 is 15.9 Å². The van der Waals surface area contributed by atoms with E-state index in [1.54, 1.807) is 0 Å². The number of hydrogen-bond donors (Lipinski definition) is 1. The molecule has 3 nitrogen and oxygen atoms in total. The molecular formula is C33H24BrF2N3. The lowest BCUT2D eigenvalue weighted by molar-refractivity contribution is 0.475. The van der Waals surface area contributed by atoms with E-state index >= 15 is 0 Å². The Morgan fingerprint density at radius 1 is 0.718 bits per heavy atom. The van der Waals surface area contributed by atoms with Crippen LogP contribution in [0.4, 0.5) is 14.6 Å². The van der Waals surface area contributed by atoms with E-state index in [0.717, 1.165) is 43.7 Å². The molecule has 0 spiro atoms. The Balaban J connectivity index is 1.70. The second kappa shape index (κ2) is 10.1. The lowest BCUT2D eigenvalue weighted by atomic mass is 9.76. The molecule has 0 atom stereocenters. The molecule has 6 rings (SSSR count). The molecule has 1 aromatic heterocycles. The molecule has 2 N–H and O–H groups in total. The second-order valence-corrected chi connectivity index (χ2v) is 10.3. The Morgan fingerprint density at radius 2 is 1.31 bits per heavy atom. The van der Waals surface area contributed by atoms with E-state index in [1.807, 2.05) is 77.5 Å². The van der Waals surface area contributed by atoms with Crippen molar-refractivity contribution in [3.05, 3.63) is 165 Å². The van der Waals surface area contributed by atoms with Gasteiger partial charge in [-0.3, -0.25) is 0 Å². The van der Waals surface area contributed by atoms with Crippen LogP contribution in [0.1, 0.15) is 27.8 Å². The fourth-order valence-electron chi connectivity index (χ4n) is 5.47. The first-order valence-electron chi connectivity index (χ1n) is 12.6. The fraction of sp³-hybridized carbons (Fsp3) is 0.0606. The summed E-state index contributed by atoms with van der Waals surface area (Å²) in [6.07, 6.45) is 0.338. The molecule has 1 heterocycles. The fourth-order valence-corrected chi connectivity index (χ4v) is 6.16. The molecule has 0 unspecified atom stereocenters. The van der Waals surface area contributed by atoms with E-state index in [9.17, 15) is 8.78 Å². The molecule has 0 saturated carbocycles. The van der Waals surface area contributed by atoms with Gasteiger partial charge in [-0.25, -0.2) is 13.5 Å². The Labute approximate surface area is 233 Å². The van der Waals surface area contributed by atoms with E-state index in [1.165, 1.54) is 12.1 Å². The van der Waals surface area contributed by atoms with Gasteiger partial charge in [0.15, 0.2) is 5.82 Å². The normalized spacial score (nSPS) is 11.7. The second-order valence-electron chi connectivity index (χ2n) is 9.49. The zero-order chi connectivity index (χ0) is 27.0. The van der Waals surface area contributed by atoms with Crippen molar-refractivity contribution >= 4 is 32.7 Å². The monoisotopic (exact) mass is 579 g/mol. The molecule has 0 amide bonds. The minimum absolute atomic E-state index is 0.338. The predicted molar refractivity (Wildman–Crippen MR) is 156 cm³/mol. The number of nitrogen functional groups attached to an aromatic ring is 1. The molecule has 0 bridgehead atoms. The van der Waals surface area contributed by atoms with Crippen LogP contribution in [0.2, 0.25) is 0 Å². The molecule has 5 aromatic carbocycles. The van der Waals surface area contributed by atoms with Crippen LogP contribution in [-0.2, 0) is 12.0 Å². The smallest absolute Gasteiger partial charge is 0.153 e. The van der Waals surface area contributed by atoms with E-state index in [-0.39, 0.29) is 0 Å². The van der Waals surface area contributed by atoms with Gasteiger partial charge in [-0.1, -0.05) is 107 Å². The molecular weight excluding hydrogens is 556 g/mol. The van der Waals surface area contributed by atoms with Gasteiger partial charge in [0, 0.05) is 21.5 Å². The van der Waals surface area contributed by atoms with Crippen LogP contribution in [0.25, 0.3) is 10.9 Å². The van der Waals surface area contributed by atoms with Crippen LogP contribution in [0, 0.1) is 11.6 Å². The summed E-state index contributed by atoms with van der Waals surface area (Å²) in [7, 11) is 0. The van der Waals surface area contributed by atoms with E-state index in [0.29, 0.717) is 17.8 Å². The molecule has 39 heavy (non-hydrogen) atoms. The van der Waals surface area contributed by atoms with E-state index in [4.69, 9.17) is 10.8 Å². The molecule has 192 valence electrons. The van der Waals surface area contributed by atoms with Gasteiger partial charge in [0.2, 0.25) is 0 Å². The lowest BCUT2D eigenvalue weighted by Gasteiger charge is -2.38. The van der Waals surface area contributed by atoms with Crippen LogP contribution in [0.3, 0.4) is 0 Å². The topological polar surface area (TPSA) is 43.8 Å². The average molecular weight is 580 g/mol. The largest absolute Gasteiger partial charge is 0.382 e. The SMILES string of the molecule is Nc1nn(C(c2ccccc2)(c2ccccc2)c2cccc(Cc3cc(F)cc(F)c3)c2Br)c2ccccc12. The summed E-state index contributed by atoms with van der Waals surface area (Å²) in [4.78, 5) is 0. The Hall–Kier alpha value is -4.29. The Morgan fingerprint density at radius 3 is 1.95 bits per heavy atom. The number of halogens is 3. The molecule has 6 heteroatoms. The van der Waals surface area contributed by atoms with Crippen molar-refractivity contribution in [2.24, 2.45) is 0 Å². The van der Waals surface area contributed by atoms with Crippen molar-refractivity contribution in [1.29, 1.82) is 0 Å². The summed E-state index contributed by atoms with van der Waals surface area (Å²) in [6, 6.07) is 37.9. The average Bonchev–Trinajstić information content (AvgIpc) is 3.28. The number of rotatable bonds is 6. The minimum atomic E-state index is -0.929. The summed E-state index contributed by atoms with van der Waals surface area (Å²) in [5.74, 6) is -0.762. The van der Waals surface area contributed by atoms with Crippen LogP contribution in [0.15, 0.2) is 126 Å². The number of fused-ring (bicyclic) bond motifs is 1. The maximum Gasteiger partial charge on any atom is 0.153 e. The van der Waals surface area contributed by atoms with Gasteiger partial charge < -0.3 is 5.73 Å². The van der Waals surface area contributed by atoms with Crippen molar-refractivity contribution in [3.63, 3.8) is 0 Å². The molecule has 0 aliphatic carbocycles. The number of para-hydroxylation sites is 1. The predicted octanol–water partition coefficient (Wildman–Crippen LogP) is 8.09. The first-order chi connectivity index (χ1) is 19.0. The van der Waals surface area contributed by atoms with Gasteiger partial charge in [-0.2, -0.15) is 5.10 Å². The number of hydrogen-bond acceptors (Lipinski definition) is 2. The van der Waals surface area contributed by atoms with Crippen molar-refractivity contribution < 1.29 is 8.78 Å². The first kappa shape index (κ1) is 25.0. The Kier molecular flexibility index (Phi) is 6.49. The number of nitrogens with two attached hydrogens (primary N) is 1. The number of aromatic nitrogens is 2. The summed E-state index contributed by atoms with van der Waals surface area (Å²) < 4.78 is 30.9. The highest BCUT2D eigenvalue weighted by atomic mass is 79.9. The van der Waals surface area contributed by atoms with Crippen molar-refractivity contribution in [1.82, 2.24) is 9.78 Å². The van der Waals surface area contributed by atoms with Gasteiger partial charge >= 0.3 is 0 Å². The zero-order valence-corrected chi connectivity index (χ0v) is 22.4. The minimum Gasteiger partial charge on any atom is -0.382 e. The van der Waals surface area contributed by atoms with Crippen molar-refractivity contribution in [3.8, 4) is 0 Å². The van der Waals surface area contributed by atoms with Crippen LogP contribution < -0.4 is 5.73 Å². The zero-order valence-electron chi connectivity index (χ0n) is 20.9. The van der Waals surface area contributed by atoms with Gasteiger partial charge in [0.25, 0.3) is 0 Å². The van der Waals surface area contributed by atoms with Crippen molar-refractivity contribution in [2.75, 3.05) is 5.73 Å². The standard InChI is InChI=1S/C33H24BrF2N3/c34-31-23(18-22-19-26(35)21-27(36)20-22)10-9-16-29(31)33(24-11-3-1-4-12-24,25-13-5-2-6-14-25)39-30-17-8-7-15-28(30)32(37)38-39/h1-17,19-21H,18H2,(H2,37,38). The van der Waals surface area contributed by atoms with Crippen LogP contribution in [0.5, 0.6) is 0 Å². The summed E-state index contributed by atoms with van der Waals surface area (Å²) in [5.41, 5.74) is 10.8. The highest BCUT2D eigenvalue weighted by Crippen LogP contribution is 2.46. The van der Waals surface area contributed by atoms with E-state index in [2.05, 4.69) is 46.3 Å². The van der Waals surface area contributed by atoms with Gasteiger partial charge in [0.05, 0.1) is 5.52 Å². The van der Waals surface area contributed by atoms with Crippen molar-refractivity contribution in [2.45, 2.75) is 12.0 Å². The molecule has 0 aliphatic rings. The summed E-state index contributed by atoms with van der Waals surface area (Å²) >= 11 is 3.91. The van der Waals surface area contributed by atoms with Gasteiger partial charge in [0.1, 0.15) is 17.2 Å². The summed E-state index contributed by atoms with van der Waals surface area (Å²) in [5, 5.41) is 5.80. The molecule has 0 radical (unpaired) electrons. The quantitative estimate of drug-likeness (QED) is 0.203. The number of nitrogens with zero attached hydrogens (tertiary/aromatic N) is 2. The Bertz CT molecular complexity index is 1720. The first-order valence-corrected chi connectivity index (χ1v) is 13.4. The highest BCUT2D eigenvalue weighted by molar-refractivity contribution is 9.10. The number of benzene rings is 5. The third-order valence-corrected chi connectivity index (χ3v) is 8.04. The molecule has 6 aromatic rings. The maximum absolute atomic E-state index is 14.0. The third-order valence-electron chi connectivity index (χ3n) is 7.10. The van der Waals surface area contributed by atoms with Crippen LogP contribution in [-0.4, -0.2) is 9.78 Å². The lowest BCUT2D eigenvalue weighted by Crippen LogP contribution is -2.39. The summed E-state index contributed by atoms with van der Waals surface area (Å²) in [6.45, 7) is 0. The molecule has 0 aliphatic heterocycles. The van der Waals surface area contributed by atoms with Gasteiger partial charge in [-0.15, -0.1) is 0 Å². The van der Waals surface area contributed by atoms with E-state index < -0.39 is 17.2 Å². The third kappa shape index (κ3) is 4.31.